The summed E-state index contributed by atoms with van der Waals surface area (Å²) in [5.74, 6) is -0.977. The fourth-order valence-corrected chi connectivity index (χ4v) is 7.32. The molecule has 0 N–H and O–H groups in total. The van der Waals surface area contributed by atoms with Gasteiger partial charge >= 0.3 is 17.9 Å². The molecule has 1 unspecified atom stereocenters. The minimum Gasteiger partial charge on any atom is -0.462 e. The van der Waals surface area contributed by atoms with Gasteiger partial charge in [-0.15, -0.1) is 0 Å². The van der Waals surface area contributed by atoms with Crippen molar-refractivity contribution in [3.05, 3.63) is 134 Å². The molecule has 0 amide bonds. The van der Waals surface area contributed by atoms with Crippen LogP contribution in [0.2, 0.25) is 0 Å². The number of hydrogen-bond acceptors (Lipinski definition) is 6. The maximum absolute atomic E-state index is 12.9. The van der Waals surface area contributed by atoms with E-state index in [1.807, 2.05) is 91.1 Å². The average molecular weight is 953 g/mol. The number of carbonyl (C=O) groups is 3. The standard InChI is InChI=1S/C63H100O6/c1-4-7-10-13-16-19-22-25-28-30-31-33-35-38-41-44-47-50-53-56-62(65)68-59-60(58-67-61(64)55-52-49-46-43-40-37-34-27-24-21-18-15-12-9-6-3)69-63(66)57-54-51-48-45-42-39-36-32-29-26-23-20-17-14-11-8-5-2/h7,9-10,12-13,15-16,18-19,21-22,24-25,27-28,30-31,33-35,38,41,60H,4-6,8,11,14,17,20,23,26,29,32,36-37,39-40,42-59H2,1-3H3/b10-7-,12-9-,16-13-,18-15-,22-19-,24-21-,28-25-,31-30+,34-27-,35-33-,41-38-. The highest BCUT2D eigenvalue weighted by Gasteiger charge is 2.19. The van der Waals surface area contributed by atoms with Gasteiger partial charge in [-0.05, 0) is 57.8 Å². The highest BCUT2D eigenvalue weighted by atomic mass is 16.6. The summed E-state index contributed by atoms with van der Waals surface area (Å²) in [4.78, 5) is 38.1. The quantitative estimate of drug-likeness (QED) is 0.0262. The molecule has 0 spiro atoms. The summed E-state index contributed by atoms with van der Waals surface area (Å²) >= 11 is 0. The second-order valence-corrected chi connectivity index (χ2v) is 18.0. The van der Waals surface area contributed by atoms with E-state index in [2.05, 4.69) is 63.3 Å². The Balaban J connectivity index is 4.54. The zero-order valence-corrected chi connectivity index (χ0v) is 44.3. The van der Waals surface area contributed by atoms with E-state index in [0.29, 0.717) is 19.3 Å². The molecule has 6 nitrogen and oxygen atoms in total. The van der Waals surface area contributed by atoms with Crippen molar-refractivity contribution >= 4 is 17.9 Å². The minimum atomic E-state index is -0.811. The lowest BCUT2D eigenvalue weighted by molar-refractivity contribution is -0.167. The Morgan fingerprint density at radius 3 is 0.899 bits per heavy atom. The molecule has 0 fully saturated rings. The van der Waals surface area contributed by atoms with Gasteiger partial charge in [-0.2, -0.15) is 0 Å². The molecule has 1 atom stereocenters. The SMILES string of the molecule is CC\C=C/C=C\C=C/C=C\C=C\C=C/C=C\CCCCCC(=O)OCC(COC(=O)CCCCCCC\C=C/C=C\C=C/C=C\CC)OC(=O)CCCCCCCCCCCCCCCCCCC. The molecule has 0 bridgehead atoms. The fourth-order valence-electron chi connectivity index (χ4n) is 7.32. The molecular weight excluding hydrogens is 853 g/mol. The first kappa shape index (κ1) is 64.5. The molecule has 0 heterocycles. The van der Waals surface area contributed by atoms with E-state index in [1.54, 1.807) is 0 Å². The number of unbranched alkanes of at least 4 members (excludes halogenated alkanes) is 24. The van der Waals surface area contributed by atoms with Crippen molar-refractivity contribution in [2.45, 2.75) is 232 Å². The Labute approximate surface area is 424 Å². The van der Waals surface area contributed by atoms with Gasteiger partial charge in [-0.1, -0.05) is 283 Å². The van der Waals surface area contributed by atoms with Crippen molar-refractivity contribution in [2.75, 3.05) is 13.2 Å². The molecule has 0 aliphatic carbocycles. The summed E-state index contributed by atoms with van der Waals surface area (Å²) in [6.07, 6.45) is 78.6. The average Bonchev–Trinajstić information content (AvgIpc) is 3.35. The molecule has 6 heteroatoms. The second-order valence-electron chi connectivity index (χ2n) is 18.0. The Morgan fingerprint density at radius 1 is 0.304 bits per heavy atom. The highest BCUT2D eigenvalue weighted by molar-refractivity contribution is 5.71. The first-order chi connectivity index (χ1) is 34.0. The zero-order valence-electron chi connectivity index (χ0n) is 44.3. The Hall–Kier alpha value is -4.45. The molecule has 0 aromatic rings. The van der Waals surface area contributed by atoms with Gasteiger partial charge in [0.1, 0.15) is 13.2 Å². The lowest BCUT2D eigenvalue weighted by Crippen LogP contribution is -2.30. The first-order valence-electron chi connectivity index (χ1n) is 27.8. The van der Waals surface area contributed by atoms with Crippen LogP contribution in [-0.2, 0) is 28.6 Å². The van der Waals surface area contributed by atoms with Crippen LogP contribution in [0.25, 0.3) is 0 Å². The van der Waals surface area contributed by atoms with Crippen LogP contribution >= 0.6 is 0 Å². The first-order valence-corrected chi connectivity index (χ1v) is 27.8. The zero-order chi connectivity index (χ0) is 50.0. The largest absolute Gasteiger partial charge is 0.462 e. The maximum atomic E-state index is 12.9. The predicted octanol–water partition coefficient (Wildman–Crippen LogP) is 18.6. The van der Waals surface area contributed by atoms with Crippen LogP contribution in [0.1, 0.15) is 226 Å². The summed E-state index contributed by atoms with van der Waals surface area (Å²) in [5.41, 5.74) is 0. The van der Waals surface area contributed by atoms with Crippen LogP contribution in [0.4, 0.5) is 0 Å². The minimum absolute atomic E-state index is 0.108. The number of ether oxygens (including phenoxy) is 3. The Morgan fingerprint density at radius 2 is 0.565 bits per heavy atom. The molecule has 0 saturated carbocycles. The molecule has 0 aliphatic rings. The molecule has 388 valence electrons. The van der Waals surface area contributed by atoms with Crippen LogP contribution in [0, 0.1) is 0 Å². The molecule has 0 rings (SSSR count). The number of allylic oxidation sites excluding steroid dienone is 22. The smallest absolute Gasteiger partial charge is 0.306 e. The summed E-state index contributed by atoms with van der Waals surface area (Å²) in [6.45, 7) is 6.29. The second kappa shape index (κ2) is 56.1. The molecule has 0 saturated heterocycles. The third kappa shape index (κ3) is 54.4. The summed E-state index contributed by atoms with van der Waals surface area (Å²) in [6, 6.07) is 0. The van der Waals surface area contributed by atoms with Gasteiger partial charge in [0.15, 0.2) is 6.10 Å². The Bertz CT molecular complexity index is 1510. The fraction of sp³-hybridized carbons (Fsp3) is 0.603. The third-order valence-electron chi connectivity index (χ3n) is 11.4. The van der Waals surface area contributed by atoms with E-state index >= 15 is 0 Å². The molecule has 69 heavy (non-hydrogen) atoms. The van der Waals surface area contributed by atoms with Crippen LogP contribution in [0.3, 0.4) is 0 Å². The summed E-state index contributed by atoms with van der Waals surface area (Å²) in [7, 11) is 0. The van der Waals surface area contributed by atoms with Crippen LogP contribution in [0.15, 0.2) is 134 Å². The van der Waals surface area contributed by atoms with Crippen molar-refractivity contribution < 1.29 is 28.6 Å². The van der Waals surface area contributed by atoms with E-state index in [-0.39, 0.29) is 31.1 Å². The van der Waals surface area contributed by atoms with Crippen molar-refractivity contribution in [3.63, 3.8) is 0 Å². The van der Waals surface area contributed by atoms with Crippen LogP contribution in [-0.4, -0.2) is 37.2 Å². The van der Waals surface area contributed by atoms with Crippen LogP contribution in [0.5, 0.6) is 0 Å². The lowest BCUT2D eigenvalue weighted by atomic mass is 10.0. The van der Waals surface area contributed by atoms with Gasteiger partial charge in [0.05, 0.1) is 0 Å². The number of hydrogen-bond donors (Lipinski definition) is 0. The molecule has 0 aromatic heterocycles. The predicted molar refractivity (Wildman–Crippen MR) is 297 cm³/mol. The summed E-state index contributed by atoms with van der Waals surface area (Å²) < 4.78 is 16.8. The maximum Gasteiger partial charge on any atom is 0.306 e. The van der Waals surface area contributed by atoms with E-state index in [0.717, 1.165) is 96.3 Å². The van der Waals surface area contributed by atoms with E-state index in [9.17, 15) is 14.4 Å². The van der Waals surface area contributed by atoms with Gasteiger partial charge < -0.3 is 14.2 Å². The Kier molecular flexibility index (Phi) is 52.5. The van der Waals surface area contributed by atoms with Gasteiger partial charge in [-0.25, -0.2) is 0 Å². The van der Waals surface area contributed by atoms with Crippen molar-refractivity contribution in [1.29, 1.82) is 0 Å². The van der Waals surface area contributed by atoms with Crippen LogP contribution < -0.4 is 0 Å². The van der Waals surface area contributed by atoms with E-state index in [1.165, 1.54) is 89.9 Å². The molecule has 0 aromatic carbocycles. The van der Waals surface area contributed by atoms with Gasteiger partial charge in [0, 0.05) is 19.3 Å². The molecule has 0 aliphatic heterocycles. The molecular formula is C63H100O6. The van der Waals surface area contributed by atoms with Crippen molar-refractivity contribution in [1.82, 2.24) is 0 Å². The number of rotatable bonds is 48. The topological polar surface area (TPSA) is 78.9 Å². The summed E-state index contributed by atoms with van der Waals surface area (Å²) in [5, 5.41) is 0. The molecule has 0 radical (unpaired) electrons. The van der Waals surface area contributed by atoms with E-state index in [4.69, 9.17) is 14.2 Å². The van der Waals surface area contributed by atoms with Gasteiger partial charge in [0.2, 0.25) is 0 Å². The van der Waals surface area contributed by atoms with Gasteiger partial charge in [0.25, 0.3) is 0 Å². The third-order valence-corrected chi connectivity index (χ3v) is 11.4. The van der Waals surface area contributed by atoms with Crippen molar-refractivity contribution in [2.24, 2.45) is 0 Å². The normalized spacial score (nSPS) is 13.1. The highest BCUT2D eigenvalue weighted by Crippen LogP contribution is 2.15. The van der Waals surface area contributed by atoms with E-state index < -0.39 is 6.10 Å². The van der Waals surface area contributed by atoms with Gasteiger partial charge in [-0.3, -0.25) is 14.4 Å². The number of esters is 3. The lowest BCUT2D eigenvalue weighted by Gasteiger charge is -2.18. The monoisotopic (exact) mass is 953 g/mol. The van der Waals surface area contributed by atoms with Crippen molar-refractivity contribution in [3.8, 4) is 0 Å². The number of carbonyl (C=O) groups excluding carboxylic acids is 3.